The molecule has 4 nitrogen and oxygen atoms in total. The van der Waals surface area contributed by atoms with Crippen LogP contribution in [0.2, 0.25) is 0 Å². The molecule has 1 fully saturated rings. The predicted molar refractivity (Wildman–Crippen MR) is 54.9 cm³/mol. The van der Waals surface area contributed by atoms with E-state index in [4.69, 9.17) is 5.11 Å². The fourth-order valence-electron chi connectivity index (χ4n) is 1.78. The zero-order valence-corrected chi connectivity index (χ0v) is 8.83. The van der Waals surface area contributed by atoms with Gasteiger partial charge < -0.3 is 15.3 Å². The SMILES string of the molecule is CC(=O)NCCN1CCC(CO)CC1. The lowest BCUT2D eigenvalue weighted by atomic mass is 9.98. The third-order valence-electron chi connectivity index (χ3n) is 2.77. The molecule has 1 heterocycles. The van der Waals surface area contributed by atoms with E-state index in [9.17, 15) is 4.79 Å². The van der Waals surface area contributed by atoms with E-state index in [-0.39, 0.29) is 5.91 Å². The predicted octanol–water partition coefficient (Wildman–Crippen LogP) is -0.173. The number of aliphatic hydroxyl groups excluding tert-OH is 1. The van der Waals surface area contributed by atoms with Gasteiger partial charge in [-0.3, -0.25) is 4.79 Å². The Labute approximate surface area is 85.3 Å². The lowest BCUT2D eigenvalue weighted by molar-refractivity contribution is -0.119. The number of hydrogen-bond acceptors (Lipinski definition) is 3. The highest BCUT2D eigenvalue weighted by molar-refractivity contribution is 5.72. The molecule has 0 spiro atoms. The molecule has 0 aromatic carbocycles. The maximum absolute atomic E-state index is 10.6. The van der Waals surface area contributed by atoms with Crippen molar-refractivity contribution in [2.45, 2.75) is 19.8 Å². The number of rotatable bonds is 4. The Morgan fingerprint density at radius 3 is 2.64 bits per heavy atom. The van der Waals surface area contributed by atoms with Crippen LogP contribution in [-0.2, 0) is 4.79 Å². The van der Waals surface area contributed by atoms with Crippen LogP contribution >= 0.6 is 0 Å². The van der Waals surface area contributed by atoms with Crippen molar-refractivity contribution in [2.75, 3.05) is 32.8 Å². The summed E-state index contributed by atoms with van der Waals surface area (Å²) in [6.07, 6.45) is 2.16. The van der Waals surface area contributed by atoms with Gasteiger partial charge in [-0.1, -0.05) is 0 Å². The molecule has 1 amide bonds. The molecule has 0 unspecified atom stereocenters. The largest absolute Gasteiger partial charge is 0.396 e. The molecule has 0 saturated carbocycles. The number of carbonyl (C=O) groups excluding carboxylic acids is 1. The number of piperidine rings is 1. The van der Waals surface area contributed by atoms with Gasteiger partial charge in [-0.15, -0.1) is 0 Å². The molecule has 1 rings (SSSR count). The Bertz CT molecular complexity index is 177. The minimum atomic E-state index is 0.0373. The van der Waals surface area contributed by atoms with Gasteiger partial charge >= 0.3 is 0 Å². The molecule has 0 aromatic heterocycles. The maximum atomic E-state index is 10.6. The van der Waals surface area contributed by atoms with E-state index in [2.05, 4.69) is 10.2 Å². The van der Waals surface area contributed by atoms with Crippen LogP contribution in [0.5, 0.6) is 0 Å². The monoisotopic (exact) mass is 200 g/mol. The molecule has 2 N–H and O–H groups in total. The van der Waals surface area contributed by atoms with E-state index in [1.54, 1.807) is 0 Å². The van der Waals surface area contributed by atoms with Crippen LogP contribution in [0.15, 0.2) is 0 Å². The number of hydrogen-bond donors (Lipinski definition) is 2. The third-order valence-corrected chi connectivity index (χ3v) is 2.77. The number of nitrogens with zero attached hydrogens (tertiary/aromatic N) is 1. The fourth-order valence-corrected chi connectivity index (χ4v) is 1.78. The Hall–Kier alpha value is -0.610. The molecule has 0 bridgehead atoms. The quantitative estimate of drug-likeness (QED) is 0.662. The smallest absolute Gasteiger partial charge is 0.216 e. The average Bonchev–Trinajstić information content (AvgIpc) is 2.18. The topological polar surface area (TPSA) is 52.6 Å². The highest BCUT2D eigenvalue weighted by atomic mass is 16.3. The molecule has 1 saturated heterocycles. The summed E-state index contributed by atoms with van der Waals surface area (Å²) < 4.78 is 0. The van der Waals surface area contributed by atoms with Crippen LogP contribution in [0.25, 0.3) is 0 Å². The van der Waals surface area contributed by atoms with E-state index in [1.165, 1.54) is 6.92 Å². The zero-order valence-electron chi connectivity index (χ0n) is 8.83. The molecule has 0 aliphatic carbocycles. The number of aliphatic hydroxyl groups is 1. The number of amides is 1. The second-order valence-corrected chi connectivity index (χ2v) is 3.95. The summed E-state index contributed by atoms with van der Waals surface area (Å²) in [5.41, 5.74) is 0. The van der Waals surface area contributed by atoms with Crippen LogP contribution in [0.1, 0.15) is 19.8 Å². The highest BCUT2D eigenvalue weighted by Gasteiger charge is 2.17. The Balaban J connectivity index is 2.07. The van der Waals surface area contributed by atoms with Gasteiger partial charge in [-0.25, -0.2) is 0 Å². The van der Waals surface area contributed by atoms with Crippen molar-refractivity contribution in [3.63, 3.8) is 0 Å². The molecule has 0 aromatic rings. The van der Waals surface area contributed by atoms with Gasteiger partial charge in [0.1, 0.15) is 0 Å². The van der Waals surface area contributed by atoms with E-state index in [0.29, 0.717) is 12.5 Å². The number of carbonyl (C=O) groups is 1. The molecule has 82 valence electrons. The van der Waals surface area contributed by atoms with Crippen molar-refractivity contribution in [3.8, 4) is 0 Å². The van der Waals surface area contributed by atoms with Gasteiger partial charge in [0.05, 0.1) is 0 Å². The average molecular weight is 200 g/mol. The molecule has 4 heteroatoms. The molecule has 0 radical (unpaired) electrons. The molecule has 14 heavy (non-hydrogen) atoms. The van der Waals surface area contributed by atoms with Gasteiger partial charge in [0.2, 0.25) is 5.91 Å². The van der Waals surface area contributed by atoms with Crippen molar-refractivity contribution >= 4 is 5.91 Å². The summed E-state index contributed by atoms with van der Waals surface area (Å²) in [4.78, 5) is 13.0. The number of nitrogens with one attached hydrogen (secondary N) is 1. The summed E-state index contributed by atoms with van der Waals surface area (Å²) in [6, 6.07) is 0. The van der Waals surface area contributed by atoms with Crippen molar-refractivity contribution in [3.05, 3.63) is 0 Å². The summed E-state index contributed by atoms with van der Waals surface area (Å²) in [5, 5.41) is 11.7. The highest BCUT2D eigenvalue weighted by Crippen LogP contribution is 2.15. The minimum absolute atomic E-state index is 0.0373. The summed E-state index contributed by atoms with van der Waals surface area (Å²) in [7, 11) is 0. The Morgan fingerprint density at radius 2 is 2.14 bits per heavy atom. The molecule has 0 atom stereocenters. The van der Waals surface area contributed by atoms with Crippen molar-refractivity contribution in [1.29, 1.82) is 0 Å². The van der Waals surface area contributed by atoms with E-state index in [1.807, 2.05) is 0 Å². The second-order valence-electron chi connectivity index (χ2n) is 3.95. The molecular weight excluding hydrogens is 180 g/mol. The van der Waals surface area contributed by atoms with Gasteiger partial charge in [-0.2, -0.15) is 0 Å². The first kappa shape index (κ1) is 11.5. The number of likely N-dealkylation sites (tertiary alicyclic amines) is 1. The van der Waals surface area contributed by atoms with Crippen molar-refractivity contribution < 1.29 is 9.90 Å². The first-order chi connectivity index (χ1) is 6.72. The minimum Gasteiger partial charge on any atom is -0.396 e. The summed E-state index contributed by atoms with van der Waals surface area (Å²) in [5.74, 6) is 0.530. The first-order valence-electron chi connectivity index (χ1n) is 5.30. The van der Waals surface area contributed by atoms with Crippen LogP contribution in [-0.4, -0.2) is 48.7 Å². The molecular formula is C10H20N2O2. The molecule has 1 aliphatic rings. The van der Waals surface area contributed by atoms with Crippen LogP contribution < -0.4 is 5.32 Å². The van der Waals surface area contributed by atoms with Gasteiger partial charge in [0.25, 0.3) is 0 Å². The second kappa shape index (κ2) is 5.98. The molecule has 1 aliphatic heterocycles. The summed E-state index contributed by atoms with van der Waals surface area (Å²) in [6.45, 7) is 5.62. The van der Waals surface area contributed by atoms with E-state index in [0.717, 1.165) is 39.0 Å². The van der Waals surface area contributed by atoms with Crippen LogP contribution in [0.3, 0.4) is 0 Å². The Kier molecular flexibility index (Phi) is 4.90. The van der Waals surface area contributed by atoms with Gasteiger partial charge in [0.15, 0.2) is 0 Å². The Morgan fingerprint density at radius 1 is 1.50 bits per heavy atom. The van der Waals surface area contributed by atoms with Crippen molar-refractivity contribution in [1.82, 2.24) is 10.2 Å². The van der Waals surface area contributed by atoms with Crippen molar-refractivity contribution in [2.24, 2.45) is 5.92 Å². The van der Waals surface area contributed by atoms with Gasteiger partial charge in [0, 0.05) is 26.6 Å². The normalized spacial score (nSPS) is 19.6. The zero-order chi connectivity index (χ0) is 10.4. The fraction of sp³-hybridized carbons (Fsp3) is 0.900. The van der Waals surface area contributed by atoms with E-state index < -0.39 is 0 Å². The van der Waals surface area contributed by atoms with Crippen LogP contribution in [0, 0.1) is 5.92 Å². The maximum Gasteiger partial charge on any atom is 0.216 e. The summed E-state index contributed by atoms with van der Waals surface area (Å²) >= 11 is 0. The lowest BCUT2D eigenvalue weighted by Gasteiger charge is -2.30. The first-order valence-corrected chi connectivity index (χ1v) is 5.30. The van der Waals surface area contributed by atoms with Crippen LogP contribution in [0.4, 0.5) is 0 Å². The lowest BCUT2D eigenvalue weighted by Crippen LogP contribution is -2.39. The standard InChI is InChI=1S/C10H20N2O2/c1-9(14)11-4-7-12-5-2-10(8-13)3-6-12/h10,13H,2-8H2,1H3,(H,11,14). The van der Waals surface area contributed by atoms with E-state index >= 15 is 0 Å². The van der Waals surface area contributed by atoms with Gasteiger partial charge in [-0.05, 0) is 31.8 Å². The third kappa shape index (κ3) is 4.07.